The maximum atomic E-state index is 13.8. The molecule has 0 aromatic heterocycles. The summed E-state index contributed by atoms with van der Waals surface area (Å²) in [4.78, 5) is 25.8. The topological polar surface area (TPSA) is 49.4 Å². The first-order chi connectivity index (χ1) is 11.0. The highest BCUT2D eigenvalue weighted by molar-refractivity contribution is 6.03. The number of rotatable bonds is 3. The second kappa shape index (κ2) is 6.20. The number of para-hydroxylation sites is 1. The molecule has 2 amide bonds. The molecule has 1 N–H and O–H groups in total. The van der Waals surface area contributed by atoms with E-state index >= 15 is 0 Å². The lowest BCUT2D eigenvalue weighted by molar-refractivity contribution is -0.122. The van der Waals surface area contributed by atoms with E-state index in [9.17, 15) is 14.0 Å². The van der Waals surface area contributed by atoms with E-state index in [4.69, 9.17) is 0 Å². The summed E-state index contributed by atoms with van der Waals surface area (Å²) in [6.45, 7) is 2.13. The normalized spacial score (nSPS) is 17.4. The molecule has 5 heteroatoms. The predicted molar refractivity (Wildman–Crippen MR) is 86.7 cm³/mol. The average Bonchev–Trinajstić information content (AvgIpc) is 2.90. The molecule has 0 spiro atoms. The fourth-order valence-corrected chi connectivity index (χ4v) is 2.75. The molecule has 0 aliphatic carbocycles. The highest BCUT2D eigenvalue weighted by atomic mass is 19.1. The number of carbonyl (C=O) groups excluding carboxylic acids is 2. The van der Waals surface area contributed by atoms with Crippen molar-refractivity contribution in [3.05, 3.63) is 59.9 Å². The molecule has 2 aromatic rings. The quantitative estimate of drug-likeness (QED) is 0.946. The third-order valence-electron chi connectivity index (χ3n) is 3.92. The highest BCUT2D eigenvalue weighted by Crippen LogP contribution is 2.28. The van der Waals surface area contributed by atoms with Gasteiger partial charge >= 0.3 is 0 Å². The number of benzene rings is 2. The Morgan fingerprint density at radius 2 is 2.00 bits per heavy atom. The van der Waals surface area contributed by atoms with Crippen LogP contribution in [0.2, 0.25) is 0 Å². The van der Waals surface area contributed by atoms with Crippen LogP contribution in [0.3, 0.4) is 0 Å². The Labute approximate surface area is 133 Å². The molecule has 1 saturated heterocycles. The number of hydrogen-bond donors (Lipinski definition) is 1. The molecule has 0 unspecified atom stereocenters. The van der Waals surface area contributed by atoms with Gasteiger partial charge in [0.1, 0.15) is 5.82 Å². The van der Waals surface area contributed by atoms with E-state index in [1.807, 2.05) is 25.1 Å². The second-order valence-electron chi connectivity index (χ2n) is 5.72. The molecule has 2 aromatic carbocycles. The lowest BCUT2D eigenvalue weighted by Crippen LogP contribution is -2.28. The van der Waals surface area contributed by atoms with Gasteiger partial charge in [-0.1, -0.05) is 24.3 Å². The third-order valence-corrected chi connectivity index (χ3v) is 3.92. The minimum atomic E-state index is -0.484. The van der Waals surface area contributed by atoms with Gasteiger partial charge in [-0.15, -0.1) is 0 Å². The number of hydrogen-bond acceptors (Lipinski definition) is 2. The van der Waals surface area contributed by atoms with E-state index in [0.717, 1.165) is 5.56 Å². The molecule has 1 heterocycles. The van der Waals surface area contributed by atoms with Gasteiger partial charge in [0.2, 0.25) is 11.8 Å². The summed E-state index contributed by atoms with van der Waals surface area (Å²) in [5, 5.41) is 2.82. The van der Waals surface area contributed by atoms with Crippen LogP contribution in [0.25, 0.3) is 0 Å². The minimum absolute atomic E-state index is 0.0893. The molecule has 23 heavy (non-hydrogen) atoms. The van der Waals surface area contributed by atoms with Gasteiger partial charge in [0.15, 0.2) is 0 Å². The summed E-state index contributed by atoms with van der Waals surface area (Å²) in [6, 6.07) is 13.6. The van der Waals surface area contributed by atoms with Crippen LogP contribution in [0.1, 0.15) is 12.0 Å². The molecule has 0 radical (unpaired) electrons. The first kappa shape index (κ1) is 15.2. The van der Waals surface area contributed by atoms with Gasteiger partial charge in [-0.2, -0.15) is 0 Å². The predicted octanol–water partition coefficient (Wildman–Crippen LogP) is 3.13. The lowest BCUT2D eigenvalue weighted by Gasteiger charge is -2.17. The van der Waals surface area contributed by atoms with E-state index in [2.05, 4.69) is 5.32 Å². The molecule has 1 aliphatic heterocycles. The van der Waals surface area contributed by atoms with E-state index in [0.29, 0.717) is 5.69 Å². The van der Waals surface area contributed by atoms with Gasteiger partial charge in [0.25, 0.3) is 0 Å². The molecule has 3 rings (SSSR count). The highest BCUT2D eigenvalue weighted by Gasteiger charge is 2.36. The zero-order valence-electron chi connectivity index (χ0n) is 12.8. The summed E-state index contributed by atoms with van der Waals surface area (Å²) in [5.41, 5.74) is 1.97. The lowest BCUT2D eigenvalue weighted by atomic mass is 10.1. The van der Waals surface area contributed by atoms with Crippen LogP contribution in [-0.4, -0.2) is 18.4 Å². The van der Waals surface area contributed by atoms with Gasteiger partial charge < -0.3 is 10.2 Å². The van der Waals surface area contributed by atoms with Crippen LogP contribution in [0.15, 0.2) is 48.5 Å². The van der Waals surface area contributed by atoms with Crippen LogP contribution < -0.4 is 10.2 Å². The van der Waals surface area contributed by atoms with Crippen LogP contribution >= 0.6 is 0 Å². The van der Waals surface area contributed by atoms with Gasteiger partial charge in [-0.25, -0.2) is 4.39 Å². The Kier molecular flexibility index (Phi) is 4.10. The number of carbonyl (C=O) groups is 2. The maximum absolute atomic E-state index is 13.8. The fourth-order valence-electron chi connectivity index (χ4n) is 2.75. The first-order valence-corrected chi connectivity index (χ1v) is 7.47. The van der Waals surface area contributed by atoms with Crippen LogP contribution in [0.4, 0.5) is 15.8 Å². The van der Waals surface area contributed by atoms with Crippen LogP contribution in [0.5, 0.6) is 0 Å². The Bertz CT molecular complexity index is 760. The largest absolute Gasteiger partial charge is 0.326 e. The van der Waals surface area contributed by atoms with Crippen LogP contribution in [-0.2, 0) is 9.59 Å². The van der Waals surface area contributed by atoms with Crippen molar-refractivity contribution in [3.63, 3.8) is 0 Å². The summed E-state index contributed by atoms with van der Waals surface area (Å²) < 4.78 is 13.8. The summed E-state index contributed by atoms with van der Waals surface area (Å²) in [6.07, 6.45) is 0.0893. The van der Waals surface area contributed by atoms with Crippen molar-refractivity contribution in [2.24, 2.45) is 5.92 Å². The van der Waals surface area contributed by atoms with E-state index in [-0.39, 0.29) is 30.5 Å². The number of anilines is 2. The van der Waals surface area contributed by atoms with Crippen molar-refractivity contribution in [2.75, 3.05) is 16.8 Å². The van der Waals surface area contributed by atoms with Crippen molar-refractivity contribution in [2.45, 2.75) is 13.3 Å². The Balaban J connectivity index is 1.72. The zero-order chi connectivity index (χ0) is 16.4. The van der Waals surface area contributed by atoms with Crippen molar-refractivity contribution >= 4 is 23.2 Å². The molecule has 0 saturated carbocycles. The summed E-state index contributed by atoms with van der Waals surface area (Å²) in [7, 11) is 0. The van der Waals surface area contributed by atoms with Gasteiger partial charge in [-0.3, -0.25) is 9.59 Å². The average molecular weight is 312 g/mol. The molecule has 1 aliphatic rings. The molecule has 1 atom stereocenters. The van der Waals surface area contributed by atoms with E-state index in [1.54, 1.807) is 24.3 Å². The Hall–Kier alpha value is -2.69. The molecule has 118 valence electrons. The van der Waals surface area contributed by atoms with Crippen molar-refractivity contribution in [3.8, 4) is 0 Å². The molecular formula is C18H17FN2O2. The Morgan fingerprint density at radius 1 is 1.22 bits per heavy atom. The monoisotopic (exact) mass is 312 g/mol. The van der Waals surface area contributed by atoms with Crippen LogP contribution in [0, 0.1) is 18.7 Å². The van der Waals surface area contributed by atoms with Gasteiger partial charge in [0, 0.05) is 18.7 Å². The van der Waals surface area contributed by atoms with E-state index < -0.39 is 11.7 Å². The number of nitrogens with one attached hydrogen (secondary N) is 1. The Morgan fingerprint density at radius 3 is 2.74 bits per heavy atom. The molecule has 1 fully saturated rings. The standard InChI is InChI=1S/C18H17FN2O2/c1-12-5-4-6-14(9-12)20-18(23)13-10-17(22)21(11-13)16-8-3-2-7-15(16)19/h2-9,13H,10-11H2,1H3,(H,20,23)/t13-/m0/s1. The SMILES string of the molecule is Cc1cccc(NC(=O)[C@H]2CC(=O)N(c3ccccc3F)C2)c1. The van der Waals surface area contributed by atoms with E-state index in [1.165, 1.54) is 11.0 Å². The third kappa shape index (κ3) is 3.23. The van der Waals surface area contributed by atoms with Crippen molar-refractivity contribution < 1.29 is 14.0 Å². The van der Waals surface area contributed by atoms with Gasteiger partial charge in [-0.05, 0) is 36.8 Å². The number of aryl methyl sites for hydroxylation is 1. The number of amides is 2. The summed E-state index contributed by atoms with van der Waals surface area (Å²) >= 11 is 0. The molecule has 0 bridgehead atoms. The van der Waals surface area contributed by atoms with Gasteiger partial charge in [0.05, 0.1) is 11.6 Å². The first-order valence-electron chi connectivity index (χ1n) is 7.47. The van der Waals surface area contributed by atoms with Crippen molar-refractivity contribution in [1.82, 2.24) is 0 Å². The minimum Gasteiger partial charge on any atom is -0.326 e. The zero-order valence-corrected chi connectivity index (χ0v) is 12.8. The number of nitrogens with zero attached hydrogens (tertiary/aromatic N) is 1. The molecule has 4 nitrogen and oxygen atoms in total. The van der Waals surface area contributed by atoms with Crippen molar-refractivity contribution in [1.29, 1.82) is 0 Å². The maximum Gasteiger partial charge on any atom is 0.229 e. The smallest absolute Gasteiger partial charge is 0.229 e. The summed E-state index contributed by atoms with van der Waals surface area (Å²) in [5.74, 6) is -1.40. The molecular weight excluding hydrogens is 295 g/mol. The second-order valence-corrected chi connectivity index (χ2v) is 5.72. The fraction of sp³-hybridized carbons (Fsp3) is 0.222. The number of halogens is 1.